The fourth-order valence-corrected chi connectivity index (χ4v) is 10.7. The maximum absolute atomic E-state index is 4.17. The van der Waals surface area contributed by atoms with Gasteiger partial charge in [-0.2, -0.15) is 0 Å². The molecule has 0 atom stereocenters. The number of rotatable bonds is 13. The van der Waals surface area contributed by atoms with E-state index >= 15 is 0 Å². The van der Waals surface area contributed by atoms with Crippen LogP contribution in [0.3, 0.4) is 0 Å². The second-order valence-corrected chi connectivity index (χ2v) is 18.4. The predicted octanol–water partition coefficient (Wildman–Crippen LogP) is 19.2. The van der Waals surface area contributed by atoms with Gasteiger partial charge in [-0.05, 0) is 126 Å². The van der Waals surface area contributed by atoms with Gasteiger partial charge in [-0.15, -0.1) is 0 Å². The molecule has 0 N–H and O–H groups in total. The number of hydrogen-bond donors (Lipinski definition) is 0. The SMILES string of the molecule is C=C/C(=C\C=C/C)c1ccc(-n2c3c(-c4ccc5c(c4)c4cc(C/C=C\C=C/CC)cc(C6=CC=CCC6)c4n5C4=CCC=CC=C4)cccc3c3c(-c4ccccc4)ccc(-c4ccccc4)c32)cc1. The number of allylic oxidation sites excluding steroid dienone is 19. The van der Waals surface area contributed by atoms with Crippen molar-refractivity contribution in [2.75, 3.05) is 0 Å². The Bertz CT molecular complexity index is 3770. The zero-order valence-corrected chi connectivity index (χ0v) is 40.7. The first kappa shape index (κ1) is 45.0. The van der Waals surface area contributed by atoms with E-state index in [-0.39, 0.29) is 0 Å². The van der Waals surface area contributed by atoms with Crippen LogP contribution in [-0.4, -0.2) is 9.13 Å². The molecule has 0 spiro atoms. The van der Waals surface area contributed by atoms with Crippen LogP contribution in [0.15, 0.2) is 249 Å². The number of aromatic nitrogens is 2. The summed E-state index contributed by atoms with van der Waals surface area (Å²) in [5.74, 6) is 0. The van der Waals surface area contributed by atoms with E-state index in [4.69, 9.17) is 0 Å². The van der Waals surface area contributed by atoms with E-state index in [0.29, 0.717) is 0 Å². The van der Waals surface area contributed by atoms with Crippen LogP contribution >= 0.6 is 0 Å². The quantitative estimate of drug-likeness (QED) is 0.102. The van der Waals surface area contributed by atoms with E-state index < -0.39 is 0 Å². The lowest BCUT2D eigenvalue weighted by molar-refractivity contribution is 1.05. The van der Waals surface area contributed by atoms with Gasteiger partial charge in [-0.1, -0.05) is 214 Å². The second-order valence-electron chi connectivity index (χ2n) is 18.4. The molecule has 2 heterocycles. The molecule has 2 nitrogen and oxygen atoms in total. The molecular formula is C69H58N2. The lowest BCUT2D eigenvalue weighted by Gasteiger charge is -2.17. The molecule has 7 aromatic carbocycles. The van der Waals surface area contributed by atoms with E-state index in [0.717, 1.165) is 48.9 Å². The summed E-state index contributed by atoms with van der Waals surface area (Å²) in [7, 11) is 0. The van der Waals surface area contributed by atoms with Gasteiger partial charge in [0.15, 0.2) is 0 Å². The molecule has 9 aromatic rings. The van der Waals surface area contributed by atoms with Crippen molar-refractivity contribution in [3.8, 4) is 39.1 Å². The summed E-state index contributed by atoms with van der Waals surface area (Å²) in [5, 5.41) is 4.98. The molecule has 0 fully saturated rings. The van der Waals surface area contributed by atoms with Crippen molar-refractivity contribution in [3.05, 3.63) is 266 Å². The molecule has 0 unspecified atom stereocenters. The first-order valence-electron chi connectivity index (χ1n) is 25.2. The largest absolute Gasteiger partial charge is 0.309 e. The van der Waals surface area contributed by atoms with Crippen LogP contribution in [0.5, 0.6) is 0 Å². The third-order valence-corrected chi connectivity index (χ3v) is 14.0. The Balaban J connectivity index is 1.23. The lowest BCUT2D eigenvalue weighted by Crippen LogP contribution is -2.00. The number of hydrogen-bond acceptors (Lipinski definition) is 0. The minimum absolute atomic E-state index is 0.851. The van der Waals surface area contributed by atoms with Crippen LogP contribution in [0.25, 0.3) is 99.5 Å². The van der Waals surface area contributed by atoms with Crippen molar-refractivity contribution in [1.82, 2.24) is 9.13 Å². The molecule has 71 heavy (non-hydrogen) atoms. The van der Waals surface area contributed by atoms with Crippen molar-refractivity contribution >= 4 is 60.5 Å². The summed E-state index contributed by atoms with van der Waals surface area (Å²) < 4.78 is 5.08. The number of nitrogens with zero attached hydrogens (tertiary/aromatic N) is 2. The highest BCUT2D eigenvalue weighted by Gasteiger charge is 2.25. The highest BCUT2D eigenvalue weighted by atomic mass is 15.0. The smallest absolute Gasteiger partial charge is 0.0625 e. The summed E-state index contributed by atoms with van der Waals surface area (Å²) in [6.07, 6.45) is 40.0. The molecule has 0 saturated carbocycles. The van der Waals surface area contributed by atoms with Crippen molar-refractivity contribution in [2.45, 2.75) is 46.0 Å². The maximum atomic E-state index is 4.17. The van der Waals surface area contributed by atoms with Crippen LogP contribution in [-0.2, 0) is 6.42 Å². The summed E-state index contributed by atoms with van der Waals surface area (Å²) in [5.41, 5.74) is 20.5. The molecule has 2 aromatic heterocycles. The Kier molecular flexibility index (Phi) is 12.8. The van der Waals surface area contributed by atoms with Crippen LogP contribution in [0, 0.1) is 0 Å². The van der Waals surface area contributed by atoms with E-state index in [1.165, 1.54) is 99.4 Å². The fraction of sp³-hybridized carbons (Fsp3) is 0.101. The van der Waals surface area contributed by atoms with E-state index in [1.807, 2.05) is 13.0 Å². The zero-order valence-electron chi connectivity index (χ0n) is 40.7. The molecule has 2 heteroatoms. The Morgan fingerprint density at radius 1 is 0.606 bits per heavy atom. The van der Waals surface area contributed by atoms with Gasteiger partial charge in [0.2, 0.25) is 0 Å². The fourth-order valence-electron chi connectivity index (χ4n) is 10.7. The normalized spacial score (nSPS) is 14.3. The van der Waals surface area contributed by atoms with Crippen LogP contribution in [0.4, 0.5) is 0 Å². The zero-order chi connectivity index (χ0) is 48.1. The van der Waals surface area contributed by atoms with Gasteiger partial charge in [0, 0.05) is 49.6 Å². The van der Waals surface area contributed by atoms with Gasteiger partial charge in [0.25, 0.3) is 0 Å². The van der Waals surface area contributed by atoms with Gasteiger partial charge >= 0.3 is 0 Å². The Morgan fingerprint density at radius 3 is 2.13 bits per heavy atom. The van der Waals surface area contributed by atoms with E-state index in [1.54, 1.807) is 0 Å². The molecular weight excluding hydrogens is 857 g/mol. The summed E-state index contributed by atoms with van der Waals surface area (Å²) in [4.78, 5) is 0. The van der Waals surface area contributed by atoms with Gasteiger partial charge < -0.3 is 9.13 Å². The second kappa shape index (κ2) is 20.2. The molecule has 2 aliphatic carbocycles. The van der Waals surface area contributed by atoms with Gasteiger partial charge in [0.1, 0.15) is 0 Å². The first-order valence-corrected chi connectivity index (χ1v) is 25.2. The highest BCUT2D eigenvalue weighted by Crippen LogP contribution is 2.47. The van der Waals surface area contributed by atoms with Gasteiger partial charge in [0.05, 0.1) is 22.1 Å². The molecule has 0 saturated heterocycles. The average molecular weight is 915 g/mol. The summed E-state index contributed by atoms with van der Waals surface area (Å²) in [6.45, 7) is 8.40. The lowest BCUT2D eigenvalue weighted by atomic mass is 9.92. The number of fused-ring (bicyclic) bond motifs is 6. The van der Waals surface area contributed by atoms with Crippen LogP contribution in [0.1, 0.15) is 56.2 Å². The van der Waals surface area contributed by atoms with Crippen molar-refractivity contribution in [1.29, 1.82) is 0 Å². The minimum atomic E-state index is 0.851. The third-order valence-electron chi connectivity index (χ3n) is 14.0. The number of benzene rings is 7. The predicted molar refractivity (Wildman–Crippen MR) is 309 cm³/mol. The first-order chi connectivity index (χ1) is 35.1. The van der Waals surface area contributed by atoms with Crippen LogP contribution in [0.2, 0.25) is 0 Å². The minimum Gasteiger partial charge on any atom is -0.309 e. The monoisotopic (exact) mass is 914 g/mol. The molecule has 11 rings (SSSR count). The number of para-hydroxylation sites is 1. The van der Waals surface area contributed by atoms with Gasteiger partial charge in [-0.3, -0.25) is 0 Å². The average Bonchev–Trinajstić information content (AvgIpc) is 3.80. The molecule has 2 aliphatic rings. The third kappa shape index (κ3) is 8.57. The van der Waals surface area contributed by atoms with Crippen molar-refractivity contribution < 1.29 is 0 Å². The molecule has 0 radical (unpaired) electrons. The Morgan fingerprint density at radius 2 is 1.37 bits per heavy atom. The Hall–Kier alpha value is -8.46. The Labute approximate surface area is 418 Å². The summed E-state index contributed by atoms with van der Waals surface area (Å²) >= 11 is 0. The summed E-state index contributed by atoms with van der Waals surface area (Å²) in [6, 6.07) is 54.5. The molecule has 0 aliphatic heterocycles. The standard InChI is InChI=1S/C69H58N2/c1-4-7-9-10-16-26-49-46-62(54-32-21-15-22-33-54)68-64(47-49)63-48-55(40-45-65(63)70(68)56-34-23-11-12-24-35-56)59-36-25-37-61-66-58(52-28-17-13-18-29-52)43-44-60(53-30-19-14-20-31-53)69(66)71(67(59)61)57-41-38-51(39-42-57)50(6-3)27-8-5-2/h5-21,23,25,27-32,34-48H,3-4,22,24,26,33H2,1-2H3/b8-5-,9-7-,16-10-,50-27+. The maximum Gasteiger partial charge on any atom is 0.0625 e. The van der Waals surface area contributed by atoms with Crippen LogP contribution < -0.4 is 0 Å². The molecule has 344 valence electrons. The van der Waals surface area contributed by atoms with Crippen molar-refractivity contribution in [2.24, 2.45) is 0 Å². The topological polar surface area (TPSA) is 9.86 Å². The molecule has 0 bridgehead atoms. The van der Waals surface area contributed by atoms with Gasteiger partial charge in [-0.25, -0.2) is 0 Å². The van der Waals surface area contributed by atoms with E-state index in [2.05, 4.69) is 259 Å². The van der Waals surface area contributed by atoms with E-state index in [9.17, 15) is 0 Å². The molecule has 0 amide bonds. The van der Waals surface area contributed by atoms with Crippen molar-refractivity contribution in [3.63, 3.8) is 0 Å². The highest BCUT2D eigenvalue weighted by molar-refractivity contribution is 6.23.